The van der Waals surface area contributed by atoms with Crippen molar-refractivity contribution in [1.82, 2.24) is 14.8 Å². The fourth-order valence-electron chi connectivity index (χ4n) is 2.19. The van der Waals surface area contributed by atoms with Gasteiger partial charge in [0.15, 0.2) is 4.77 Å². The van der Waals surface area contributed by atoms with Crippen molar-refractivity contribution in [1.29, 1.82) is 0 Å². The van der Waals surface area contributed by atoms with Gasteiger partial charge in [0.25, 0.3) is 0 Å². The molecule has 0 bridgehead atoms. The second-order valence-electron chi connectivity index (χ2n) is 4.21. The molecular formula is C12H17N3OS. The SMILES string of the molecule is CCc1n[nH]c(=S)n1C(C)c1cc(C)oc1C. The number of nitrogens with zero attached hydrogens (tertiary/aromatic N) is 2. The highest BCUT2D eigenvalue weighted by molar-refractivity contribution is 7.71. The van der Waals surface area contributed by atoms with E-state index in [0.29, 0.717) is 4.77 Å². The zero-order valence-electron chi connectivity index (χ0n) is 10.6. The van der Waals surface area contributed by atoms with Crippen LogP contribution in [0.3, 0.4) is 0 Å². The van der Waals surface area contributed by atoms with Gasteiger partial charge in [-0.25, -0.2) is 0 Å². The molecule has 1 N–H and O–H groups in total. The maximum absolute atomic E-state index is 5.57. The number of H-pyrrole nitrogens is 1. The summed E-state index contributed by atoms with van der Waals surface area (Å²) >= 11 is 5.28. The molecule has 0 amide bonds. The molecule has 0 aliphatic rings. The standard InChI is InChI=1S/C12H17N3OS/c1-5-11-13-14-12(17)15(11)8(3)10-6-7(2)16-9(10)4/h6,8H,5H2,1-4H3,(H,14,17). The van der Waals surface area contributed by atoms with E-state index in [-0.39, 0.29) is 6.04 Å². The van der Waals surface area contributed by atoms with E-state index in [2.05, 4.69) is 30.1 Å². The first-order chi connectivity index (χ1) is 8.04. The van der Waals surface area contributed by atoms with E-state index in [9.17, 15) is 0 Å². The molecule has 0 saturated carbocycles. The summed E-state index contributed by atoms with van der Waals surface area (Å²) in [6.07, 6.45) is 0.855. The fourth-order valence-corrected chi connectivity index (χ4v) is 2.50. The molecule has 2 rings (SSSR count). The predicted octanol–water partition coefficient (Wildman–Crippen LogP) is 3.32. The van der Waals surface area contributed by atoms with Crippen molar-refractivity contribution in [3.05, 3.63) is 33.7 Å². The lowest BCUT2D eigenvalue weighted by atomic mass is 10.1. The normalized spacial score (nSPS) is 12.9. The zero-order chi connectivity index (χ0) is 12.6. The third-order valence-electron chi connectivity index (χ3n) is 3.01. The second kappa shape index (κ2) is 4.49. The van der Waals surface area contributed by atoms with Crippen molar-refractivity contribution >= 4 is 12.2 Å². The van der Waals surface area contributed by atoms with Crippen molar-refractivity contribution in [3.63, 3.8) is 0 Å². The summed E-state index contributed by atoms with van der Waals surface area (Å²) in [6, 6.07) is 2.21. The van der Waals surface area contributed by atoms with Gasteiger partial charge in [0.2, 0.25) is 0 Å². The number of aromatic amines is 1. The van der Waals surface area contributed by atoms with Crippen LogP contribution in [0.4, 0.5) is 0 Å². The molecule has 4 nitrogen and oxygen atoms in total. The minimum absolute atomic E-state index is 0.147. The Kier molecular flexibility index (Phi) is 3.19. The first-order valence-electron chi connectivity index (χ1n) is 5.77. The summed E-state index contributed by atoms with van der Waals surface area (Å²) in [5, 5.41) is 7.08. The van der Waals surface area contributed by atoms with E-state index in [1.54, 1.807) is 0 Å². The van der Waals surface area contributed by atoms with Gasteiger partial charge in [-0.2, -0.15) is 5.10 Å². The molecule has 2 heterocycles. The van der Waals surface area contributed by atoms with Crippen LogP contribution >= 0.6 is 12.2 Å². The van der Waals surface area contributed by atoms with Gasteiger partial charge in [-0.1, -0.05) is 6.92 Å². The number of rotatable bonds is 3. The first kappa shape index (κ1) is 12.1. The van der Waals surface area contributed by atoms with Crippen LogP contribution < -0.4 is 0 Å². The van der Waals surface area contributed by atoms with Crippen LogP contribution in [0.15, 0.2) is 10.5 Å². The van der Waals surface area contributed by atoms with Gasteiger partial charge in [-0.3, -0.25) is 9.67 Å². The van der Waals surface area contributed by atoms with Gasteiger partial charge in [0.1, 0.15) is 17.3 Å². The maximum atomic E-state index is 5.57. The third kappa shape index (κ3) is 2.07. The molecule has 1 atom stereocenters. The summed E-state index contributed by atoms with van der Waals surface area (Å²) < 4.78 is 8.28. The van der Waals surface area contributed by atoms with Crippen LogP contribution in [0.1, 0.15) is 42.8 Å². The topological polar surface area (TPSA) is 46.8 Å². The Hall–Kier alpha value is -1.36. The van der Waals surface area contributed by atoms with Crippen LogP contribution in [-0.2, 0) is 6.42 Å². The molecule has 0 aliphatic carbocycles. The van der Waals surface area contributed by atoms with E-state index < -0.39 is 0 Å². The largest absolute Gasteiger partial charge is 0.466 e. The van der Waals surface area contributed by atoms with Gasteiger partial charge < -0.3 is 4.42 Å². The smallest absolute Gasteiger partial charge is 0.195 e. The van der Waals surface area contributed by atoms with Crippen molar-refractivity contribution in [2.45, 2.75) is 40.2 Å². The number of hydrogen-bond donors (Lipinski definition) is 1. The summed E-state index contributed by atoms with van der Waals surface area (Å²) in [5.74, 6) is 2.85. The highest BCUT2D eigenvalue weighted by Crippen LogP contribution is 2.25. The van der Waals surface area contributed by atoms with Crippen LogP contribution in [0.2, 0.25) is 0 Å². The quantitative estimate of drug-likeness (QED) is 0.851. The van der Waals surface area contributed by atoms with Crippen LogP contribution in [-0.4, -0.2) is 14.8 Å². The minimum Gasteiger partial charge on any atom is -0.466 e. The van der Waals surface area contributed by atoms with E-state index in [1.165, 1.54) is 0 Å². The average Bonchev–Trinajstić information content (AvgIpc) is 2.80. The van der Waals surface area contributed by atoms with Gasteiger partial charge >= 0.3 is 0 Å². The number of nitrogens with one attached hydrogen (secondary N) is 1. The van der Waals surface area contributed by atoms with E-state index in [0.717, 1.165) is 29.3 Å². The Morgan fingerprint density at radius 2 is 2.24 bits per heavy atom. The lowest BCUT2D eigenvalue weighted by Gasteiger charge is -2.14. The number of aryl methyl sites for hydroxylation is 3. The Bertz CT molecular complexity index is 579. The monoisotopic (exact) mass is 251 g/mol. The molecule has 0 spiro atoms. The number of hydrogen-bond acceptors (Lipinski definition) is 3. The molecule has 2 aromatic rings. The molecule has 0 aliphatic heterocycles. The van der Waals surface area contributed by atoms with E-state index >= 15 is 0 Å². The molecule has 0 aromatic carbocycles. The highest BCUT2D eigenvalue weighted by atomic mass is 32.1. The highest BCUT2D eigenvalue weighted by Gasteiger charge is 2.17. The summed E-state index contributed by atoms with van der Waals surface area (Å²) in [7, 11) is 0. The van der Waals surface area contributed by atoms with Gasteiger partial charge in [0, 0.05) is 12.0 Å². The van der Waals surface area contributed by atoms with Crippen molar-refractivity contribution in [2.75, 3.05) is 0 Å². The summed E-state index contributed by atoms with van der Waals surface area (Å²) in [5.41, 5.74) is 1.16. The molecule has 0 radical (unpaired) electrons. The van der Waals surface area contributed by atoms with Gasteiger partial charge in [0.05, 0.1) is 6.04 Å². The fraction of sp³-hybridized carbons (Fsp3) is 0.500. The lowest BCUT2D eigenvalue weighted by Crippen LogP contribution is -2.10. The molecule has 5 heteroatoms. The Labute approximate surface area is 106 Å². The molecule has 0 saturated heterocycles. The van der Waals surface area contributed by atoms with Crippen LogP contribution in [0, 0.1) is 18.6 Å². The molecule has 0 fully saturated rings. The molecule has 2 aromatic heterocycles. The van der Waals surface area contributed by atoms with Crippen molar-refractivity contribution in [3.8, 4) is 0 Å². The molecule has 1 unspecified atom stereocenters. The Morgan fingerprint density at radius 3 is 2.76 bits per heavy atom. The first-order valence-corrected chi connectivity index (χ1v) is 6.18. The lowest BCUT2D eigenvalue weighted by molar-refractivity contribution is 0.492. The van der Waals surface area contributed by atoms with Crippen molar-refractivity contribution < 1.29 is 4.42 Å². The molecule has 92 valence electrons. The summed E-state index contributed by atoms with van der Waals surface area (Å²) in [4.78, 5) is 0. The van der Waals surface area contributed by atoms with E-state index in [1.807, 2.05) is 18.4 Å². The number of furan rings is 1. The van der Waals surface area contributed by atoms with Gasteiger partial charge in [-0.05, 0) is 39.1 Å². The van der Waals surface area contributed by atoms with E-state index in [4.69, 9.17) is 16.6 Å². The average molecular weight is 251 g/mol. The van der Waals surface area contributed by atoms with Crippen LogP contribution in [0.25, 0.3) is 0 Å². The summed E-state index contributed by atoms with van der Waals surface area (Å²) in [6.45, 7) is 8.12. The van der Waals surface area contributed by atoms with Crippen molar-refractivity contribution in [2.24, 2.45) is 0 Å². The second-order valence-corrected chi connectivity index (χ2v) is 4.60. The van der Waals surface area contributed by atoms with Crippen LogP contribution in [0.5, 0.6) is 0 Å². The zero-order valence-corrected chi connectivity index (χ0v) is 11.4. The Morgan fingerprint density at radius 1 is 1.53 bits per heavy atom. The third-order valence-corrected chi connectivity index (χ3v) is 3.30. The molecule has 17 heavy (non-hydrogen) atoms. The van der Waals surface area contributed by atoms with Gasteiger partial charge in [-0.15, -0.1) is 0 Å². The molecular weight excluding hydrogens is 234 g/mol. The maximum Gasteiger partial charge on any atom is 0.195 e. The predicted molar refractivity (Wildman–Crippen MR) is 68.8 cm³/mol. The Balaban J connectivity index is 2.50. The number of aromatic nitrogens is 3. The minimum atomic E-state index is 0.147.